The molecule has 6 rings (SSSR count). The molecule has 0 fully saturated rings. The largest absolute Gasteiger partial charge is 0.481 e. The molecule has 4 aromatic rings. The van der Waals surface area contributed by atoms with Gasteiger partial charge in [0.1, 0.15) is 45.2 Å². The number of carbonyl (C=O) groups is 10. The Balaban J connectivity index is 0.000000400. The maximum absolute atomic E-state index is 12.9. The number of aliphatic carboxylic acids is 3. The highest BCUT2D eigenvalue weighted by molar-refractivity contribution is 7.99. The van der Waals surface area contributed by atoms with E-state index in [4.69, 9.17) is 44.1 Å². The molecule has 0 saturated heterocycles. The van der Waals surface area contributed by atoms with Gasteiger partial charge in [-0.3, -0.25) is 38.4 Å². The van der Waals surface area contributed by atoms with Crippen LogP contribution in [0.5, 0.6) is 0 Å². The van der Waals surface area contributed by atoms with Gasteiger partial charge in [0.05, 0.1) is 86.2 Å². The van der Waals surface area contributed by atoms with Crippen molar-refractivity contribution in [2.75, 3.05) is 72.7 Å². The van der Waals surface area contributed by atoms with Gasteiger partial charge in [-0.2, -0.15) is 43.7 Å². The standard InChI is InChI=1S/C29H32N2O8S.C28H32N2O7S.C9H16O4.C6H12O2/c1-19-24(15-20-7-5-4-6-8-20)26(35)31(30-19)22-11-9-21(10-12-22)27(36)38-16-23(32)17-39-28(37)29(2,3)18-40-14-13-25(33)34;1-19-24(15-20-7-5-4-6-8-20)25(33)30(29-19)22-11-9-21(10-12-22)26(34)36-16-23(32)17-37-27(35)28(2,3)18-38-14-13-31;1-4-9(2,3)8(12)13-6-5-7(10)11;1-4-6(2,3)5(7)8/h4-12,15,23,32H,13-14,16-18H2,1-3H3,(H,33,34);4-12,15,23,31-32H,13-14,16-18H2,1-3H3;4-6H2,1-3H3,(H,10,11);4H2,1-3H3,(H,7,8)/b2*24-15-;;. The Bertz CT molecular complexity index is 3510. The van der Waals surface area contributed by atoms with Crippen LogP contribution in [0.4, 0.5) is 11.4 Å². The van der Waals surface area contributed by atoms with Crippen LogP contribution >= 0.6 is 23.5 Å². The second kappa shape index (κ2) is 40.8. The molecule has 2 aliphatic heterocycles. The predicted octanol–water partition coefficient (Wildman–Crippen LogP) is 10.0. The van der Waals surface area contributed by atoms with Crippen LogP contribution in [0.1, 0.15) is 141 Å². The minimum Gasteiger partial charge on any atom is -0.481 e. The SMILES string of the molecule is CC1=NN(c2ccc(C(=O)OCC(O)COC(=O)C(C)(C)CSCCC(=O)O)cc2)C(=O)/C1=C\c1ccccc1.CC1=NN(c2ccc(C(=O)OCC(O)COC(=O)C(C)(C)CSCCO)cc2)C(=O)/C1=C\c1ccccc1.CCC(C)(C)C(=O)O.CCC(C)(C)C(=O)OCCC(=O)O. The highest BCUT2D eigenvalue weighted by Crippen LogP contribution is 2.30. The normalized spacial score (nSPS) is 14.4. The number of carbonyl (C=O) groups excluding carboxylic acids is 7. The first kappa shape index (κ1) is 84.2. The fraction of sp³-hybridized carbons (Fsp3) is 0.444. The summed E-state index contributed by atoms with van der Waals surface area (Å²) in [5.74, 6) is -4.15. The Morgan fingerprint density at radius 1 is 0.485 bits per heavy atom. The summed E-state index contributed by atoms with van der Waals surface area (Å²) in [5.41, 5.74) is 2.60. The minimum absolute atomic E-state index is 0.000376. The molecular formula is C72H92N4O21S2. The van der Waals surface area contributed by atoms with E-state index in [0.717, 1.165) is 11.1 Å². The minimum atomic E-state index is -1.23. The van der Waals surface area contributed by atoms with Crippen LogP contribution in [0, 0.1) is 21.7 Å². The van der Waals surface area contributed by atoms with E-state index in [2.05, 4.69) is 10.2 Å². The number of carboxylic acid groups (broad SMARTS) is 3. The van der Waals surface area contributed by atoms with Crippen molar-refractivity contribution < 1.29 is 102 Å². The predicted molar refractivity (Wildman–Crippen MR) is 378 cm³/mol. The number of anilines is 2. The number of nitrogens with zero attached hydrogens (tertiary/aromatic N) is 4. The summed E-state index contributed by atoms with van der Waals surface area (Å²) in [6.07, 6.45) is 2.38. The molecule has 25 nitrogen and oxygen atoms in total. The zero-order valence-corrected chi connectivity index (χ0v) is 59.6. The van der Waals surface area contributed by atoms with Gasteiger partial charge in [0, 0.05) is 23.0 Å². The Morgan fingerprint density at radius 3 is 1.17 bits per heavy atom. The topological polar surface area (TPSA) is 369 Å². The maximum Gasteiger partial charge on any atom is 0.338 e. The highest BCUT2D eigenvalue weighted by atomic mass is 32.2. The lowest BCUT2D eigenvalue weighted by atomic mass is 9.91. The third-order valence-electron chi connectivity index (χ3n) is 14.8. The van der Waals surface area contributed by atoms with E-state index in [-0.39, 0.29) is 81.4 Å². The summed E-state index contributed by atoms with van der Waals surface area (Å²) in [5, 5.41) is 65.8. The van der Waals surface area contributed by atoms with Crippen LogP contribution in [0.15, 0.2) is 131 Å². The van der Waals surface area contributed by atoms with Crippen molar-refractivity contribution in [3.63, 3.8) is 0 Å². The smallest absolute Gasteiger partial charge is 0.338 e. The molecule has 0 saturated carbocycles. The number of esters is 5. The summed E-state index contributed by atoms with van der Waals surface area (Å²) in [4.78, 5) is 118. The zero-order valence-electron chi connectivity index (χ0n) is 58.0. The van der Waals surface area contributed by atoms with Gasteiger partial charge in [-0.25, -0.2) is 9.59 Å². The first-order chi connectivity index (χ1) is 46.5. The van der Waals surface area contributed by atoms with Gasteiger partial charge in [-0.05, 0) is 154 Å². The van der Waals surface area contributed by atoms with E-state index in [1.54, 1.807) is 106 Å². The van der Waals surface area contributed by atoms with Crippen molar-refractivity contribution in [1.82, 2.24) is 0 Å². The Kier molecular flexibility index (Phi) is 34.7. The Morgan fingerprint density at radius 2 is 0.838 bits per heavy atom. The molecule has 99 heavy (non-hydrogen) atoms. The van der Waals surface area contributed by atoms with Gasteiger partial charge in [0.25, 0.3) is 11.8 Å². The summed E-state index contributed by atoms with van der Waals surface area (Å²) >= 11 is 2.76. The van der Waals surface area contributed by atoms with E-state index < -0.39 is 75.7 Å². The monoisotopic (exact) mass is 1410 g/mol. The van der Waals surface area contributed by atoms with Crippen LogP contribution in [0.25, 0.3) is 12.2 Å². The average Bonchev–Trinajstić information content (AvgIpc) is 1.67. The molecule has 538 valence electrons. The Hall–Kier alpha value is -9.02. The van der Waals surface area contributed by atoms with Crippen LogP contribution in [-0.4, -0.2) is 176 Å². The highest BCUT2D eigenvalue weighted by Gasteiger charge is 2.34. The van der Waals surface area contributed by atoms with Crippen molar-refractivity contribution in [3.8, 4) is 0 Å². The van der Waals surface area contributed by atoms with E-state index >= 15 is 0 Å². The molecule has 0 radical (unpaired) electrons. The number of hydrogen-bond donors (Lipinski definition) is 6. The average molecular weight is 1410 g/mol. The molecule has 0 spiro atoms. The number of thioether (sulfide) groups is 2. The van der Waals surface area contributed by atoms with Crippen molar-refractivity contribution >= 4 is 118 Å². The molecule has 2 aliphatic rings. The molecule has 0 bridgehead atoms. The number of amides is 2. The summed E-state index contributed by atoms with van der Waals surface area (Å²) in [7, 11) is 0. The van der Waals surface area contributed by atoms with Gasteiger partial charge in [0.2, 0.25) is 0 Å². The molecule has 2 atom stereocenters. The van der Waals surface area contributed by atoms with Crippen LogP contribution in [-0.2, 0) is 62.0 Å². The first-order valence-corrected chi connectivity index (χ1v) is 34.0. The lowest BCUT2D eigenvalue weighted by molar-refractivity contribution is -0.157. The number of hydrazone groups is 2. The lowest BCUT2D eigenvalue weighted by Crippen LogP contribution is -2.33. The van der Waals surface area contributed by atoms with Gasteiger partial charge in [-0.15, -0.1) is 0 Å². The summed E-state index contributed by atoms with van der Waals surface area (Å²) < 4.78 is 25.4. The van der Waals surface area contributed by atoms with Crippen molar-refractivity contribution in [2.45, 2.75) is 121 Å². The molecule has 27 heteroatoms. The van der Waals surface area contributed by atoms with Crippen LogP contribution < -0.4 is 10.0 Å². The molecule has 2 amide bonds. The van der Waals surface area contributed by atoms with E-state index in [1.165, 1.54) is 57.8 Å². The molecule has 0 aromatic heterocycles. The van der Waals surface area contributed by atoms with Gasteiger partial charge in [-0.1, -0.05) is 74.5 Å². The lowest BCUT2D eigenvalue weighted by Gasteiger charge is -2.23. The quantitative estimate of drug-likeness (QED) is 0.0114. The second-order valence-corrected chi connectivity index (χ2v) is 27.3. The van der Waals surface area contributed by atoms with Crippen molar-refractivity contribution in [1.29, 1.82) is 0 Å². The molecule has 6 N–H and O–H groups in total. The number of rotatable bonds is 32. The number of carboxylic acids is 3. The summed E-state index contributed by atoms with van der Waals surface area (Å²) in [6.45, 7) is 19.6. The van der Waals surface area contributed by atoms with Gasteiger partial charge < -0.3 is 54.3 Å². The number of aliphatic hydroxyl groups excluding tert-OH is 3. The molecule has 4 aromatic carbocycles. The maximum atomic E-state index is 12.9. The fourth-order valence-electron chi connectivity index (χ4n) is 7.69. The first-order valence-electron chi connectivity index (χ1n) is 31.7. The van der Waals surface area contributed by atoms with Gasteiger partial charge >= 0.3 is 47.8 Å². The van der Waals surface area contributed by atoms with Gasteiger partial charge in [0.15, 0.2) is 0 Å². The number of aliphatic hydroxyl groups is 3. The molecule has 2 unspecified atom stereocenters. The zero-order chi connectivity index (χ0) is 74.3. The molecular weight excluding hydrogens is 1320 g/mol. The third kappa shape index (κ3) is 28.8. The number of ether oxygens (including phenoxy) is 5. The number of benzene rings is 4. The van der Waals surface area contributed by atoms with E-state index in [1.807, 2.05) is 74.5 Å². The van der Waals surface area contributed by atoms with Crippen molar-refractivity contribution in [2.24, 2.45) is 31.9 Å². The molecule has 2 heterocycles. The van der Waals surface area contributed by atoms with Crippen molar-refractivity contribution in [3.05, 3.63) is 143 Å². The third-order valence-corrected chi connectivity index (χ3v) is 17.7. The van der Waals surface area contributed by atoms with Crippen LogP contribution in [0.2, 0.25) is 0 Å². The number of hydrogen-bond acceptors (Lipinski definition) is 22. The van der Waals surface area contributed by atoms with Crippen LogP contribution in [0.3, 0.4) is 0 Å². The van der Waals surface area contributed by atoms with E-state index in [0.29, 0.717) is 69.8 Å². The summed E-state index contributed by atoms with van der Waals surface area (Å²) in [6, 6.07) is 31.3. The Labute approximate surface area is 585 Å². The fourth-order valence-corrected chi connectivity index (χ4v) is 9.68. The van der Waals surface area contributed by atoms with E-state index in [9.17, 15) is 58.2 Å². The molecule has 0 aliphatic carbocycles. The second-order valence-electron chi connectivity index (χ2n) is 25.1.